The topological polar surface area (TPSA) is 195 Å². The number of anilines is 1. The van der Waals surface area contributed by atoms with Crippen LogP contribution >= 0.6 is 0 Å². The Morgan fingerprint density at radius 3 is 1.16 bits per heavy atom. The van der Waals surface area contributed by atoms with Crippen molar-refractivity contribution in [1.82, 2.24) is 29.3 Å². The van der Waals surface area contributed by atoms with Crippen LogP contribution in [0, 0.1) is 23.7 Å². The number of imidazole rings is 1. The summed E-state index contributed by atoms with van der Waals surface area (Å²) in [4.78, 5) is 67.2. The molecule has 1 aliphatic carbocycles. The first-order chi connectivity index (χ1) is 53.9. The molecular formula is C95H179N7O8. The van der Waals surface area contributed by atoms with Crippen molar-refractivity contribution in [2.45, 2.75) is 484 Å². The van der Waals surface area contributed by atoms with Crippen LogP contribution in [0.15, 0.2) is 11.1 Å². The molecule has 3 rings (SSSR count). The average molecular weight is 1550 g/mol. The van der Waals surface area contributed by atoms with Gasteiger partial charge in [0.1, 0.15) is 12.2 Å². The molecule has 5 unspecified atom stereocenters. The van der Waals surface area contributed by atoms with Gasteiger partial charge in [-0.25, -0.2) is 4.98 Å². The molecule has 0 bridgehead atoms. The zero-order valence-corrected chi connectivity index (χ0v) is 73.2. The van der Waals surface area contributed by atoms with Gasteiger partial charge in [-0.3, -0.25) is 24.2 Å². The van der Waals surface area contributed by atoms with E-state index >= 15 is 0 Å². The van der Waals surface area contributed by atoms with Gasteiger partial charge < -0.3 is 39.4 Å². The third-order valence-electron chi connectivity index (χ3n) is 24.6. The molecule has 0 aliphatic heterocycles. The molecule has 0 saturated heterocycles. The molecule has 2 aromatic rings. The summed E-state index contributed by atoms with van der Waals surface area (Å²) in [6.45, 7) is 21.6. The Labute approximate surface area is 677 Å². The number of carbonyl (C=O) groups is 3. The van der Waals surface area contributed by atoms with Gasteiger partial charge in [-0.1, -0.05) is 330 Å². The van der Waals surface area contributed by atoms with Crippen molar-refractivity contribution in [3.05, 3.63) is 16.7 Å². The predicted octanol–water partition coefficient (Wildman–Crippen LogP) is 26.0. The van der Waals surface area contributed by atoms with Gasteiger partial charge in [-0.2, -0.15) is 4.98 Å². The summed E-state index contributed by atoms with van der Waals surface area (Å²) in [6.07, 6.45) is 80.7. The number of aryl methyl sites for hydroxylation is 1. The molecule has 15 nitrogen and oxygen atoms in total. The number of H-pyrrole nitrogens is 1. The molecule has 2 heterocycles. The molecule has 110 heavy (non-hydrogen) atoms. The maximum absolute atomic E-state index is 13.3. The van der Waals surface area contributed by atoms with Crippen LogP contribution in [0.2, 0.25) is 0 Å². The highest BCUT2D eigenvalue weighted by atomic mass is 16.5. The number of aromatic amines is 1. The van der Waals surface area contributed by atoms with E-state index in [1.807, 2.05) is 4.57 Å². The van der Waals surface area contributed by atoms with Gasteiger partial charge in [-0.05, 0) is 172 Å². The summed E-state index contributed by atoms with van der Waals surface area (Å²) in [7, 11) is 0. The molecule has 1 saturated carbocycles. The van der Waals surface area contributed by atoms with Crippen LogP contribution in [0.25, 0.3) is 11.2 Å². The van der Waals surface area contributed by atoms with Gasteiger partial charge in [0.05, 0.1) is 19.5 Å². The minimum absolute atomic E-state index is 0.00434. The van der Waals surface area contributed by atoms with E-state index in [9.17, 15) is 24.3 Å². The normalized spacial score (nSPS) is 14.6. The van der Waals surface area contributed by atoms with Gasteiger partial charge in [0.15, 0.2) is 11.2 Å². The first-order valence-electron chi connectivity index (χ1n) is 48.2. The smallest absolute Gasteiger partial charge is 0.306 e. The average Bonchev–Trinajstić information content (AvgIpc) is 1.66. The van der Waals surface area contributed by atoms with Gasteiger partial charge >= 0.3 is 17.9 Å². The van der Waals surface area contributed by atoms with Gasteiger partial charge in [0.2, 0.25) is 5.95 Å². The standard InChI is InChI=1S/C95H179N7O8/c1-7-11-15-19-29-48-65-87(66-49-30-20-16-12-8-2)109-90(105)71-54-34-27-42-58-75-101(78-79-103)74-57-39-24-23-28-46-63-85-81-86(85)64-47-37-35-44-61-83(5)84(6)62-45-36-38-51-68-88(67-50-31-21-17-13-9-3)110-91(106)70-53-33-26-41-56-73-100(76-60-77-102-82-97-92-93(102)98-95(96)99-94(92)107)72-55-40-25-32-52-69-89(104)108-80-59-43-22-18-14-10-4/h82-88,103H,7-81H2,1-6H3,(H3,96,98,99,107). The lowest BCUT2D eigenvalue weighted by Crippen LogP contribution is -2.29. The second kappa shape index (κ2) is 71.9. The van der Waals surface area contributed by atoms with E-state index in [4.69, 9.17) is 19.9 Å². The zero-order valence-electron chi connectivity index (χ0n) is 73.2. The van der Waals surface area contributed by atoms with Crippen LogP contribution in [0.3, 0.4) is 0 Å². The second-order valence-electron chi connectivity index (χ2n) is 34.9. The number of esters is 3. The van der Waals surface area contributed by atoms with Crippen molar-refractivity contribution in [2.24, 2.45) is 23.7 Å². The van der Waals surface area contributed by atoms with Gasteiger partial charge in [0, 0.05) is 32.4 Å². The van der Waals surface area contributed by atoms with Crippen LogP contribution in [-0.4, -0.2) is 117 Å². The van der Waals surface area contributed by atoms with Crippen molar-refractivity contribution in [3.8, 4) is 0 Å². The van der Waals surface area contributed by atoms with Crippen molar-refractivity contribution in [3.63, 3.8) is 0 Å². The minimum atomic E-state index is -0.310. The lowest BCUT2D eigenvalue weighted by Gasteiger charge is -2.22. The summed E-state index contributed by atoms with van der Waals surface area (Å²) in [5, 5.41) is 9.77. The Balaban J connectivity index is 1.19. The number of nitrogens with zero attached hydrogens (tertiary/aromatic N) is 5. The number of nitrogens with one attached hydrogen (secondary N) is 1. The highest BCUT2D eigenvalue weighted by molar-refractivity contribution is 5.71. The Kier molecular flexibility index (Phi) is 65.8. The third-order valence-corrected chi connectivity index (χ3v) is 24.6. The third kappa shape index (κ3) is 56.7. The predicted molar refractivity (Wildman–Crippen MR) is 466 cm³/mol. The Morgan fingerprint density at radius 1 is 0.436 bits per heavy atom. The number of nitrogens with two attached hydrogens (primary N) is 1. The molecular weight excluding hydrogens is 1370 g/mol. The Hall–Kier alpha value is -3.56. The maximum Gasteiger partial charge on any atom is 0.306 e. The van der Waals surface area contributed by atoms with Crippen LogP contribution in [0.4, 0.5) is 5.95 Å². The van der Waals surface area contributed by atoms with Crippen molar-refractivity contribution in [2.75, 3.05) is 58.2 Å². The monoisotopic (exact) mass is 1550 g/mol. The minimum Gasteiger partial charge on any atom is -0.466 e. The Bertz CT molecular complexity index is 2460. The Morgan fingerprint density at radius 2 is 0.764 bits per heavy atom. The number of aliphatic hydroxyl groups is 1. The zero-order chi connectivity index (χ0) is 79.2. The number of hydrogen-bond donors (Lipinski definition) is 3. The molecule has 642 valence electrons. The van der Waals surface area contributed by atoms with E-state index in [1.54, 1.807) is 6.33 Å². The second-order valence-corrected chi connectivity index (χ2v) is 34.9. The number of unbranched alkanes of at least 4 members (excludes halogenated alkanes) is 43. The van der Waals surface area contributed by atoms with E-state index in [-0.39, 0.29) is 48.2 Å². The molecule has 1 fully saturated rings. The summed E-state index contributed by atoms with van der Waals surface area (Å²) in [6, 6.07) is 0. The number of aromatic nitrogens is 4. The first kappa shape index (κ1) is 101. The number of fused-ring (bicyclic) bond motifs is 1. The molecule has 0 radical (unpaired) electrons. The SMILES string of the molecule is CCCCCCCCOC(=O)CCCCCCCN(CCCCCCCC(=O)OC(CCCCCCCC)CCCCCCC(C)C(C)CCCCCCC1CC1CCCCCCCCN(CCO)CCCCCCCC(=O)OC(CCCCCCCC)CCCCCCCC)CCCn1cnc2c(=O)[nH]c(N)nc21. The largest absolute Gasteiger partial charge is 0.466 e. The molecule has 15 heteroatoms. The summed E-state index contributed by atoms with van der Waals surface area (Å²) < 4.78 is 19.8. The number of rotatable bonds is 84. The molecule has 0 amide bonds. The fourth-order valence-electron chi connectivity index (χ4n) is 16.9. The van der Waals surface area contributed by atoms with Crippen LogP contribution in [0.1, 0.15) is 465 Å². The van der Waals surface area contributed by atoms with Crippen molar-refractivity contribution in [1.29, 1.82) is 0 Å². The number of nitrogen functional groups attached to an aromatic ring is 1. The molecule has 1 aliphatic rings. The lowest BCUT2D eigenvalue weighted by atomic mass is 9.86. The highest BCUT2D eigenvalue weighted by Crippen LogP contribution is 2.46. The van der Waals surface area contributed by atoms with E-state index in [2.05, 4.69) is 66.3 Å². The lowest BCUT2D eigenvalue weighted by molar-refractivity contribution is -0.151. The molecule has 0 spiro atoms. The molecule has 2 aromatic heterocycles. The fourth-order valence-corrected chi connectivity index (χ4v) is 16.9. The highest BCUT2D eigenvalue weighted by Gasteiger charge is 2.35. The summed E-state index contributed by atoms with van der Waals surface area (Å²) in [5.74, 6) is 3.71. The summed E-state index contributed by atoms with van der Waals surface area (Å²) >= 11 is 0. The van der Waals surface area contributed by atoms with Crippen LogP contribution in [0.5, 0.6) is 0 Å². The number of hydrogen-bond acceptors (Lipinski definition) is 13. The first-order valence-corrected chi connectivity index (χ1v) is 48.2. The van der Waals surface area contributed by atoms with Crippen LogP contribution in [-0.2, 0) is 35.1 Å². The number of aliphatic hydroxyl groups excluding tert-OH is 1. The quantitative estimate of drug-likeness (QED) is 0.0322. The molecule has 4 N–H and O–H groups in total. The fraction of sp³-hybridized carbons (Fsp3) is 0.916. The van der Waals surface area contributed by atoms with E-state index in [1.165, 1.54) is 270 Å². The van der Waals surface area contributed by atoms with Crippen LogP contribution < -0.4 is 11.3 Å². The van der Waals surface area contributed by atoms with Crippen molar-refractivity contribution >= 4 is 35.0 Å². The molecule has 5 atom stereocenters. The maximum atomic E-state index is 13.3. The van der Waals surface area contributed by atoms with E-state index in [0.29, 0.717) is 43.6 Å². The van der Waals surface area contributed by atoms with Gasteiger partial charge in [-0.15, -0.1) is 0 Å². The van der Waals surface area contributed by atoms with E-state index in [0.717, 1.165) is 198 Å². The van der Waals surface area contributed by atoms with Gasteiger partial charge in [0.25, 0.3) is 5.56 Å². The number of carbonyl (C=O) groups excluding carboxylic acids is 3. The number of ether oxygens (including phenoxy) is 3. The van der Waals surface area contributed by atoms with Crippen molar-refractivity contribution < 1.29 is 33.7 Å². The molecule has 0 aromatic carbocycles. The summed E-state index contributed by atoms with van der Waals surface area (Å²) in [5.41, 5.74) is 6.42. The van der Waals surface area contributed by atoms with E-state index < -0.39 is 0 Å².